The number of aromatic nitrogens is 2. The fourth-order valence-electron chi connectivity index (χ4n) is 3.15. The van der Waals surface area contributed by atoms with Gasteiger partial charge in [0.15, 0.2) is 5.79 Å². The molecule has 2 aliphatic rings. The van der Waals surface area contributed by atoms with Crippen molar-refractivity contribution in [2.45, 2.75) is 37.5 Å². The number of ether oxygens (including phenoxy) is 2. The third-order valence-corrected chi connectivity index (χ3v) is 4.44. The normalized spacial score (nSPS) is 22.3. The Morgan fingerprint density at radius 3 is 2.60 bits per heavy atom. The number of carbonyl (C=O) groups excluding carboxylic acids is 1. The van der Waals surface area contributed by atoms with Crippen LogP contribution in [0.4, 0.5) is 0 Å². The highest BCUT2D eigenvalue weighted by atomic mass is 16.7. The van der Waals surface area contributed by atoms with E-state index in [1.54, 1.807) is 24.0 Å². The van der Waals surface area contributed by atoms with E-state index < -0.39 is 0 Å². The Morgan fingerprint density at radius 1 is 1.40 bits per heavy atom. The maximum Gasteiger partial charge on any atom is 0.272 e. The van der Waals surface area contributed by atoms with E-state index in [4.69, 9.17) is 9.47 Å². The van der Waals surface area contributed by atoms with Gasteiger partial charge in [0.25, 0.3) is 5.91 Å². The van der Waals surface area contributed by atoms with Crippen molar-refractivity contribution in [3.63, 3.8) is 0 Å². The van der Waals surface area contributed by atoms with E-state index >= 15 is 0 Å². The maximum atomic E-state index is 12.4. The minimum Gasteiger partial charge on any atom is -0.348 e. The molecule has 0 atom stereocenters. The lowest BCUT2D eigenvalue weighted by Crippen LogP contribution is -2.45. The van der Waals surface area contributed by atoms with Gasteiger partial charge in [0, 0.05) is 39.2 Å². The molecule has 3 rings (SSSR count). The van der Waals surface area contributed by atoms with Gasteiger partial charge in [-0.1, -0.05) is 0 Å². The molecule has 1 spiro atoms. The summed E-state index contributed by atoms with van der Waals surface area (Å²) in [4.78, 5) is 14.3. The zero-order chi connectivity index (χ0) is 14.2. The van der Waals surface area contributed by atoms with Crippen LogP contribution >= 0.6 is 0 Å². The van der Waals surface area contributed by atoms with Gasteiger partial charge in [-0.2, -0.15) is 5.10 Å². The van der Waals surface area contributed by atoms with E-state index in [9.17, 15) is 4.79 Å². The number of carbonyl (C=O) groups is 1. The average molecular weight is 279 g/mol. The van der Waals surface area contributed by atoms with Crippen LogP contribution < -0.4 is 0 Å². The smallest absolute Gasteiger partial charge is 0.272 e. The van der Waals surface area contributed by atoms with Gasteiger partial charge in [-0.3, -0.25) is 9.48 Å². The van der Waals surface area contributed by atoms with Crippen LogP contribution in [-0.4, -0.2) is 52.7 Å². The van der Waals surface area contributed by atoms with Crippen LogP contribution in [-0.2, 0) is 16.5 Å². The molecule has 20 heavy (non-hydrogen) atoms. The molecule has 6 heteroatoms. The van der Waals surface area contributed by atoms with Crippen LogP contribution in [0, 0.1) is 0 Å². The monoisotopic (exact) mass is 279 g/mol. The molecule has 1 aromatic heterocycles. The lowest BCUT2D eigenvalue weighted by Gasteiger charge is -2.39. The van der Waals surface area contributed by atoms with Crippen molar-refractivity contribution < 1.29 is 14.3 Å². The van der Waals surface area contributed by atoms with E-state index in [-0.39, 0.29) is 17.7 Å². The first-order valence-electron chi connectivity index (χ1n) is 7.14. The van der Waals surface area contributed by atoms with Gasteiger partial charge in [0.05, 0.1) is 13.2 Å². The molecule has 2 heterocycles. The van der Waals surface area contributed by atoms with Gasteiger partial charge in [-0.25, -0.2) is 0 Å². The Morgan fingerprint density at radius 2 is 2.05 bits per heavy atom. The molecule has 2 fully saturated rings. The molecule has 1 saturated heterocycles. The molecule has 110 valence electrons. The van der Waals surface area contributed by atoms with Crippen LogP contribution in [0.2, 0.25) is 0 Å². The van der Waals surface area contributed by atoms with Gasteiger partial charge < -0.3 is 14.4 Å². The number of hydrogen-bond donors (Lipinski definition) is 0. The Bertz CT molecular complexity index is 484. The summed E-state index contributed by atoms with van der Waals surface area (Å²) in [5.41, 5.74) is 0.626. The predicted octanol–water partition coefficient (Wildman–Crippen LogP) is 1.18. The van der Waals surface area contributed by atoms with Crippen molar-refractivity contribution in [3.8, 4) is 0 Å². The van der Waals surface area contributed by atoms with Gasteiger partial charge in [-0.15, -0.1) is 0 Å². The molecule has 1 aliphatic carbocycles. The molecule has 0 bridgehead atoms. The highest BCUT2D eigenvalue weighted by molar-refractivity contribution is 5.92. The lowest BCUT2D eigenvalue weighted by molar-refractivity contribution is -0.182. The Kier molecular flexibility index (Phi) is 3.52. The molecule has 0 radical (unpaired) electrons. The summed E-state index contributed by atoms with van der Waals surface area (Å²) >= 11 is 0. The van der Waals surface area contributed by atoms with Gasteiger partial charge >= 0.3 is 0 Å². The summed E-state index contributed by atoms with van der Waals surface area (Å²) in [6.07, 6.45) is 5.21. The van der Waals surface area contributed by atoms with E-state index in [1.807, 2.05) is 11.9 Å². The first-order chi connectivity index (χ1) is 9.61. The molecule has 1 amide bonds. The number of hydrogen-bond acceptors (Lipinski definition) is 4. The fraction of sp³-hybridized carbons (Fsp3) is 0.714. The summed E-state index contributed by atoms with van der Waals surface area (Å²) in [6, 6.07) is 2.00. The molecule has 0 aromatic carbocycles. The lowest BCUT2D eigenvalue weighted by atomic mass is 9.89. The number of amides is 1. The number of nitrogens with zero attached hydrogens (tertiary/aromatic N) is 3. The van der Waals surface area contributed by atoms with Crippen LogP contribution in [0.1, 0.15) is 36.2 Å². The van der Waals surface area contributed by atoms with Crippen LogP contribution in [0.25, 0.3) is 0 Å². The second kappa shape index (κ2) is 5.18. The van der Waals surface area contributed by atoms with Gasteiger partial charge in [0.2, 0.25) is 0 Å². The van der Waals surface area contributed by atoms with Crippen molar-refractivity contribution in [2.75, 3.05) is 20.3 Å². The predicted molar refractivity (Wildman–Crippen MR) is 72.2 cm³/mol. The molecule has 0 unspecified atom stereocenters. The average Bonchev–Trinajstić information content (AvgIpc) is 3.08. The molecular weight excluding hydrogens is 258 g/mol. The van der Waals surface area contributed by atoms with Crippen molar-refractivity contribution in [1.82, 2.24) is 14.7 Å². The summed E-state index contributed by atoms with van der Waals surface area (Å²) < 4.78 is 13.1. The molecule has 1 aliphatic heterocycles. The van der Waals surface area contributed by atoms with Crippen LogP contribution in [0.3, 0.4) is 0 Å². The van der Waals surface area contributed by atoms with E-state index in [2.05, 4.69) is 5.10 Å². The summed E-state index contributed by atoms with van der Waals surface area (Å²) in [5.74, 6) is -0.341. The molecular formula is C14H21N3O3. The third-order valence-electron chi connectivity index (χ3n) is 4.44. The second-order valence-electron chi connectivity index (χ2n) is 5.59. The largest absolute Gasteiger partial charge is 0.348 e. The maximum absolute atomic E-state index is 12.4. The molecule has 0 N–H and O–H groups in total. The van der Waals surface area contributed by atoms with E-state index in [1.165, 1.54) is 0 Å². The van der Waals surface area contributed by atoms with Gasteiger partial charge in [0.1, 0.15) is 5.69 Å². The van der Waals surface area contributed by atoms with Gasteiger partial charge in [-0.05, 0) is 18.9 Å². The summed E-state index contributed by atoms with van der Waals surface area (Å²) in [7, 11) is 3.66. The number of rotatable bonds is 2. The van der Waals surface area contributed by atoms with E-state index in [0.717, 1.165) is 25.7 Å². The SMILES string of the molecule is CN(C(=O)c1ccnn1C)C1CCC2(CC1)OCCO2. The quantitative estimate of drug-likeness (QED) is 0.815. The fourth-order valence-corrected chi connectivity index (χ4v) is 3.15. The Hall–Kier alpha value is -1.40. The molecule has 1 saturated carbocycles. The summed E-state index contributed by atoms with van der Waals surface area (Å²) in [5, 5.41) is 4.05. The van der Waals surface area contributed by atoms with Crippen molar-refractivity contribution >= 4 is 5.91 Å². The Labute approximate surface area is 118 Å². The zero-order valence-electron chi connectivity index (χ0n) is 12.0. The van der Waals surface area contributed by atoms with Crippen LogP contribution in [0.5, 0.6) is 0 Å². The third kappa shape index (κ3) is 2.33. The first-order valence-corrected chi connectivity index (χ1v) is 7.14. The van der Waals surface area contributed by atoms with Crippen molar-refractivity contribution in [1.29, 1.82) is 0 Å². The summed E-state index contributed by atoms with van der Waals surface area (Å²) in [6.45, 7) is 1.38. The topological polar surface area (TPSA) is 56.6 Å². The highest BCUT2D eigenvalue weighted by Gasteiger charge is 2.41. The Balaban J connectivity index is 1.63. The highest BCUT2D eigenvalue weighted by Crippen LogP contribution is 2.37. The van der Waals surface area contributed by atoms with Crippen molar-refractivity contribution in [3.05, 3.63) is 18.0 Å². The molecule has 1 aromatic rings. The minimum absolute atomic E-state index is 0.0270. The molecule has 6 nitrogen and oxygen atoms in total. The number of aryl methyl sites for hydroxylation is 1. The van der Waals surface area contributed by atoms with Crippen LogP contribution in [0.15, 0.2) is 12.3 Å². The minimum atomic E-state index is -0.368. The zero-order valence-corrected chi connectivity index (χ0v) is 12.0. The second-order valence-corrected chi connectivity index (χ2v) is 5.59. The standard InChI is InChI=1S/C14H21N3O3/c1-16(13(18)12-5-8-15-17(12)2)11-3-6-14(7-4-11)19-9-10-20-14/h5,8,11H,3-4,6-7,9-10H2,1-2H3. The van der Waals surface area contributed by atoms with E-state index in [0.29, 0.717) is 18.9 Å². The first kappa shape index (κ1) is 13.6. The van der Waals surface area contributed by atoms with Crippen molar-refractivity contribution in [2.24, 2.45) is 7.05 Å².